The molecule has 1 aliphatic rings. The van der Waals surface area contributed by atoms with E-state index in [4.69, 9.17) is 14.6 Å². The summed E-state index contributed by atoms with van der Waals surface area (Å²) in [5, 5.41) is 8.99. The molecule has 1 heterocycles. The monoisotopic (exact) mass is 222 g/mol. The molecular formula is C12H14O4. The highest BCUT2D eigenvalue weighted by molar-refractivity contribution is 5.72. The Balaban J connectivity index is 1.88. The number of carbonyl (C=O) groups excluding carboxylic acids is 1. The molecule has 0 spiro atoms. The van der Waals surface area contributed by atoms with E-state index in [0.717, 1.165) is 5.56 Å². The second-order valence-electron chi connectivity index (χ2n) is 3.75. The van der Waals surface area contributed by atoms with Crippen LogP contribution in [0, 0.1) is 0 Å². The third kappa shape index (κ3) is 2.59. The quantitative estimate of drug-likeness (QED) is 0.768. The van der Waals surface area contributed by atoms with Crippen LogP contribution in [0.25, 0.3) is 0 Å². The molecule has 2 rings (SSSR count). The van der Waals surface area contributed by atoms with Gasteiger partial charge in [-0.05, 0) is 5.56 Å². The molecule has 0 saturated carbocycles. The average Bonchev–Trinajstić information content (AvgIpc) is 2.68. The summed E-state index contributed by atoms with van der Waals surface area (Å²) >= 11 is 0. The van der Waals surface area contributed by atoms with Crippen molar-refractivity contribution >= 4 is 5.97 Å². The standard InChI is InChI=1S/C12H14O4/c13-7-11-10(6-12(14)16-11)15-8-9-4-2-1-3-5-9/h1-5,10-11,13H,6-8H2/t10-,11+/m0/s1. The van der Waals surface area contributed by atoms with E-state index in [1.165, 1.54) is 0 Å². The first kappa shape index (κ1) is 11.1. The van der Waals surface area contributed by atoms with Crippen LogP contribution in [0.4, 0.5) is 0 Å². The van der Waals surface area contributed by atoms with E-state index in [-0.39, 0.29) is 25.1 Å². The van der Waals surface area contributed by atoms with Gasteiger partial charge in [-0.2, -0.15) is 0 Å². The summed E-state index contributed by atoms with van der Waals surface area (Å²) in [5.74, 6) is -0.308. The molecule has 1 fully saturated rings. The van der Waals surface area contributed by atoms with Crippen molar-refractivity contribution in [1.29, 1.82) is 0 Å². The number of cyclic esters (lactones) is 1. The van der Waals surface area contributed by atoms with Gasteiger partial charge in [0.05, 0.1) is 19.6 Å². The number of esters is 1. The molecule has 0 amide bonds. The van der Waals surface area contributed by atoms with Gasteiger partial charge in [0.25, 0.3) is 0 Å². The molecule has 2 atom stereocenters. The van der Waals surface area contributed by atoms with Crippen LogP contribution in [0.2, 0.25) is 0 Å². The zero-order valence-electron chi connectivity index (χ0n) is 8.83. The average molecular weight is 222 g/mol. The number of benzene rings is 1. The molecule has 16 heavy (non-hydrogen) atoms. The van der Waals surface area contributed by atoms with Gasteiger partial charge < -0.3 is 14.6 Å². The molecule has 4 nitrogen and oxygen atoms in total. The maximum Gasteiger partial charge on any atom is 0.309 e. The second kappa shape index (κ2) is 5.09. The number of hydrogen-bond acceptors (Lipinski definition) is 4. The molecule has 1 aromatic carbocycles. The van der Waals surface area contributed by atoms with Crippen molar-refractivity contribution in [1.82, 2.24) is 0 Å². The highest BCUT2D eigenvalue weighted by Crippen LogP contribution is 2.19. The number of aliphatic hydroxyl groups is 1. The first-order chi connectivity index (χ1) is 7.79. The Labute approximate surface area is 93.8 Å². The fraction of sp³-hybridized carbons (Fsp3) is 0.417. The van der Waals surface area contributed by atoms with Gasteiger partial charge in [-0.25, -0.2) is 0 Å². The van der Waals surface area contributed by atoms with Crippen LogP contribution >= 0.6 is 0 Å². The van der Waals surface area contributed by atoms with Crippen molar-refractivity contribution in [2.24, 2.45) is 0 Å². The van der Waals surface area contributed by atoms with Crippen molar-refractivity contribution in [3.8, 4) is 0 Å². The number of rotatable bonds is 4. The van der Waals surface area contributed by atoms with Gasteiger partial charge in [0.2, 0.25) is 0 Å². The smallest absolute Gasteiger partial charge is 0.309 e. The molecule has 0 aromatic heterocycles. The lowest BCUT2D eigenvalue weighted by atomic mass is 10.2. The van der Waals surface area contributed by atoms with Crippen LogP contribution in [-0.2, 0) is 20.9 Å². The predicted octanol–water partition coefficient (Wildman–Crippen LogP) is 0.880. The lowest BCUT2D eigenvalue weighted by Gasteiger charge is -2.15. The van der Waals surface area contributed by atoms with Crippen molar-refractivity contribution in [2.75, 3.05) is 6.61 Å². The largest absolute Gasteiger partial charge is 0.457 e. The fourth-order valence-electron chi connectivity index (χ4n) is 1.69. The molecule has 1 N–H and O–H groups in total. The molecule has 0 bridgehead atoms. The summed E-state index contributed by atoms with van der Waals surface area (Å²) in [4.78, 5) is 11.0. The normalized spacial score (nSPS) is 24.4. The highest BCUT2D eigenvalue weighted by atomic mass is 16.6. The van der Waals surface area contributed by atoms with Gasteiger partial charge in [0.1, 0.15) is 6.10 Å². The predicted molar refractivity (Wildman–Crippen MR) is 56.6 cm³/mol. The summed E-state index contributed by atoms with van der Waals surface area (Å²) < 4.78 is 10.5. The van der Waals surface area contributed by atoms with E-state index in [1.54, 1.807) is 0 Å². The van der Waals surface area contributed by atoms with Crippen molar-refractivity contribution in [2.45, 2.75) is 25.2 Å². The second-order valence-corrected chi connectivity index (χ2v) is 3.75. The van der Waals surface area contributed by atoms with Gasteiger partial charge in [0, 0.05) is 0 Å². The van der Waals surface area contributed by atoms with Crippen LogP contribution in [0.3, 0.4) is 0 Å². The Kier molecular flexibility index (Phi) is 3.54. The molecule has 1 aliphatic heterocycles. The first-order valence-corrected chi connectivity index (χ1v) is 5.25. The van der Waals surface area contributed by atoms with Gasteiger partial charge in [-0.1, -0.05) is 30.3 Å². The first-order valence-electron chi connectivity index (χ1n) is 5.25. The summed E-state index contributed by atoms with van der Waals surface area (Å²) in [6.45, 7) is 0.240. The highest BCUT2D eigenvalue weighted by Gasteiger charge is 2.34. The Morgan fingerprint density at radius 1 is 1.38 bits per heavy atom. The molecule has 1 aromatic rings. The van der Waals surface area contributed by atoms with Crippen molar-refractivity contribution < 1.29 is 19.4 Å². The lowest BCUT2D eigenvalue weighted by molar-refractivity contribution is -0.143. The number of hydrogen-bond donors (Lipinski definition) is 1. The molecule has 0 aliphatic carbocycles. The topological polar surface area (TPSA) is 55.8 Å². The third-order valence-electron chi connectivity index (χ3n) is 2.55. The Morgan fingerprint density at radius 3 is 2.81 bits per heavy atom. The van der Waals surface area contributed by atoms with Gasteiger partial charge in [-0.15, -0.1) is 0 Å². The Morgan fingerprint density at radius 2 is 2.12 bits per heavy atom. The van der Waals surface area contributed by atoms with Crippen LogP contribution < -0.4 is 0 Å². The Bertz CT molecular complexity index is 349. The van der Waals surface area contributed by atoms with Crippen LogP contribution in [-0.4, -0.2) is 29.9 Å². The lowest BCUT2D eigenvalue weighted by Crippen LogP contribution is -2.27. The van der Waals surface area contributed by atoms with E-state index >= 15 is 0 Å². The summed E-state index contributed by atoms with van der Waals surface area (Å²) in [6.07, 6.45) is -0.633. The molecule has 86 valence electrons. The molecule has 4 heteroatoms. The minimum Gasteiger partial charge on any atom is -0.457 e. The van der Waals surface area contributed by atoms with Crippen LogP contribution in [0.15, 0.2) is 30.3 Å². The zero-order chi connectivity index (χ0) is 11.4. The number of carbonyl (C=O) groups is 1. The minimum atomic E-state index is -0.517. The van der Waals surface area contributed by atoms with Gasteiger partial charge in [-0.3, -0.25) is 4.79 Å². The summed E-state index contributed by atoms with van der Waals surface area (Å²) in [7, 11) is 0. The molecule has 1 saturated heterocycles. The minimum absolute atomic E-state index is 0.189. The van der Waals surface area contributed by atoms with E-state index in [9.17, 15) is 4.79 Å². The van der Waals surface area contributed by atoms with Crippen molar-refractivity contribution in [3.05, 3.63) is 35.9 Å². The van der Waals surface area contributed by atoms with E-state index in [1.807, 2.05) is 30.3 Å². The van der Waals surface area contributed by atoms with Crippen molar-refractivity contribution in [3.63, 3.8) is 0 Å². The van der Waals surface area contributed by atoms with Gasteiger partial charge >= 0.3 is 5.97 Å². The Hall–Kier alpha value is -1.39. The van der Waals surface area contributed by atoms with Crippen LogP contribution in [0.5, 0.6) is 0 Å². The summed E-state index contributed by atoms with van der Waals surface area (Å²) in [5.41, 5.74) is 1.04. The third-order valence-corrected chi connectivity index (χ3v) is 2.55. The molecule has 0 unspecified atom stereocenters. The number of ether oxygens (including phenoxy) is 2. The maximum atomic E-state index is 11.0. The fourth-order valence-corrected chi connectivity index (χ4v) is 1.69. The SMILES string of the molecule is O=C1C[C@H](OCc2ccccc2)[C@@H](CO)O1. The summed E-state index contributed by atoms with van der Waals surface area (Å²) in [6, 6.07) is 9.69. The zero-order valence-corrected chi connectivity index (χ0v) is 8.83. The number of aliphatic hydroxyl groups excluding tert-OH is 1. The van der Waals surface area contributed by atoms with E-state index in [2.05, 4.69) is 0 Å². The van der Waals surface area contributed by atoms with Gasteiger partial charge in [0.15, 0.2) is 6.10 Å². The van der Waals surface area contributed by atoms with E-state index < -0.39 is 6.10 Å². The van der Waals surface area contributed by atoms with Crippen LogP contribution in [0.1, 0.15) is 12.0 Å². The van der Waals surface area contributed by atoms with E-state index in [0.29, 0.717) is 6.61 Å². The maximum absolute atomic E-state index is 11.0. The molecular weight excluding hydrogens is 208 g/mol. The molecule has 0 radical (unpaired) electrons.